The third kappa shape index (κ3) is 3.48. The molecule has 0 bridgehead atoms. The van der Waals surface area contributed by atoms with Gasteiger partial charge in [-0.3, -0.25) is 10.1 Å². The van der Waals surface area contributed by atoms with Crippen LogP contribution >= 0.6 is 11.8 Å². The molecule has 1 atom stereocenters. The van der Waals surface area contributed by atoms with E-state index in [2.05, 4.69) is 13.8 Å². The van der Waals surface area contributed by atoms with E-state index in [1.165, 1.54) is 23.9 Å². The Kier molecular flexibility index (Phi) is 4.29. The van der Waals surface area contributed by atoms with Gasteiger partial charge < -0.3 is 0 Å². The summed E-state index contributed by atoms with van der Waals surface area (Å²) in [6, 6.07) is 3.67. The summed E-state index contributed by atoms with van der Waals surface area (Å²) in [6.07, 6.45) is 0. The van der Waals surface area contributed by atoms with E-state index >= 15 is 0 Å². The second kappa shape index (κ2) is 5.30. The van der Waals surface area contributed by atoms with Gasteiger partial charge in [0.15, 0.2) is 0 Å². The Labute approximate surface area is 98.2 Å². The highest BCUT2D eigenvalue weighted by molar-refractivity contribution is 8.00. The summed E-state index contributed by atoms with van der Waals surface area (Å²) >= 11 is 1.45. The molecule has 0 aliphatic heterocycles. The van der Waals surface area contributed by atoms with Gasteiger partial charge in [-0.15, -0.1) is 11.8 Å². The van der Waals surface area contributed by atoms with E-state index in [0.717, 1.165) is 6.07 Å². The molecule has 0 saturated heterocycles. The van der Waals surface area contributed by atoms with Gasteiger partial charge in [-0.05, 0) is 12.0 Å². The summed E-state index contributed by atoms with van der Waals surface area (Å²) < 4.78 is 13.1. The molecule has 0 N–H and O–H groups in total. The number of hydrogen-bond donors (Lipinski definition) is 0. The normalized spacial score (nSPS) is 12.8. The lowest BCUT2D eigenvalue weighted by Gasteiger charge is -2.14. The number of nitrogens with zero attached hydrogens (tertiary/aromatic N) is 1. The fourth-order valence-electron chi connectivity index (χ4n) is 1.07. The molecular formula is C11H14FNO2S. The fraction of sp³-hybridized carbons (Fsp3) is 0.455. The topological polar surface area (TPSA) is 43.1 Å². The van der Waals surface area contributed by atoms with Gasteiger partial charge >= 0.3 is 0 Å². The molecule has 0 radical (unpaired) electrons. The zero-order valence-corrected chi connectivity index (χ0v) is 10.3. The van der Waals surface area contributed by atoms with Crippen LogP contribution in [-0.4, -0.2) is 10.2 Å². The standard InChI is InChI=1S/C11H14FNO2S/c1-7(2)8(3)16-11-5-9(12)4-10(6-11)13(14)15/h4-8H,1-3H3. The average molecular weight is 243 g/mol. The molecule has 0 saturated carbocycles. The van der Waals surface area contributed by atoms with Crippen molar-refractivity contribution in [3.63, 3.8) is 0 Å². The summed E-state index contributed by atoms with van der Waals surface area (Å²) in [6.45, 7) is 6.14. The fourth-order valence-corrected chi connectivity index (χ4v) is 2.14. The van der Waals surface area contributed by atoms with Crippen LogP contribution in [0.4, 0.5) is 10.1 Å². The van der Waals surface area contributed by atoms with Crippen LogP contribution in [0, 0.1) is 21.8 Å². The first-order valence-corrected chi connectivity index (χ1v) is 5.89. The first kappa shape index (κ1) is 13.0. The molecule has 0 amide bonds. The number of non-ortho nitro benzene ring substituents is 1. The van der Waals surface area contributed by atoms with Gasteiger partial charge in [-0.2, -0.15) is 0 Å². The molecule has 0 spiro atoms. The maximum Gasteiger partial charge on any atom is 0.273 e. The molecule has 0 aliphatic carbocycles. The van der Waals surface area contributed by atoms with Crippen molar-refractivity contribution in [3.8, 4) is 0 Å². The third-order valence-electron chi connectivity index (χ3n) is 2.33. The number of benzene rings is 1. The van der Waals surface area contributed by atoms with E-state index in [-0.39, 0.29) is 5.69 Å². The molecule has 0 aromatic heterocycles. The molecule has 1 rings (SSSR count). The van der Waals surface area contributed by atoms with Crippen LogP contribution in [0.5, 0.6) is 0 Å². The maximum atomic E-state index is 13.1. The van der Waals surface area contributed by atoms with Crippen LogP contribution in [0.15, 0.2) is 23.1 Å². The second-order valence-electron chi connectivity index (χ2n) is 3.97. The van der Waals surface area contributed by atoms with Gasteiger partial charge in [-0.1, -0.05) is 20.8 Å². The largest absolute Gasteiger partial charge is 0.273 e. The molecule has 0 heterocycles. The van der Waals surface area contributed by atoms with Gasteiger partial charge in [0.05, 0.1) is 11.0 Å². The molecule has 88 valence electrons. The predicted octanol–water partition coefficient (Wildman–Crippen LogP) is 3.87. The first-order valence-electron chi connectivity index (χ1n) is 5.01. The molecule has 1 unspecified atom stereocenters. The summed E-state index contributed by atoms with van der Waals surface area (Å²) in [4.78, 5) is 10.6. The highest BCUT2D eigenvalue weighted by atomic mass is 32.2. The van der Waals surface area contributed by atoms with Crippen LogP contribution < -0.4 is 0 Å². The third-order valence-corrected chi connectivity index (χ3v) is 3.75. The minimum Gasteiger partial charge on any atom is -0.258 e. The van der Waals surface area contributed by atoms with Crippen molar-refractivity contribution in [1.29, 1.82) is 0 Å². The number of nitro benzene ring substituents is 1. The smallest absolute Gasteiger partial charge is 0.258 e. The Hall–Kier alpha value is -1.10. The molecular weight excluding hydrogens is 229 g/mol. The van der Waals surface area contributed by atoms with E-state index in [9.17, 15) is 14.5 Å². The average Bonchev–Trinajstić information content (AvgIpc) is 2.16. The van der Waals surface area contributed by atoms with Crippen molar-refractivity contribution >= 4 is 17.4 Å². The monoisotopic (exact) mass is 243 g/mol. The van der Waals surface area contributed by atoms with Crippen LogP contribution in [0.1, 0.15) is 20.8 Å². The second-order valence-corrected chi connectivity index (χ2v) is 5.42. The first-order chi connectivity index (χ1) is 7.40. The van der Waals surface area contributed by atoms with E-state index in [1.807, 2.05) is 6.92 Å². The van der Waals surface area contributed by atoms with Crippen molar-refractivity contribution < 1.29 is 9.31 Å². The van der Waals surface area contributed by atoms with Crippen molar-refractivity contribution in [1.82, 2.24) is 0 Å². The van der Waals surface area contributed by atoms with Gasteiger partial charge in [-0.25, -0.2) is 4.39 Å². The van der Waals surface area contributed by atoms with E-state index in [4.69, 9.17) is 0 Å². The van der Waals surface area contributed by atoms with Crippen LogP contribution in [0.3, 0.4) is 0 Å². The van der Waals surface area contributed by atoms with Crippen LogP contribution in [0.2, 0.25) is 0 Å². The van der Waals surface area contributed by atoms with E-state index < -0.39 is 10.7 Å². The maximum absolute atomic E-state index is 13.1. The summed E-state index contributed by atoms with van der Waals surface area (Å²) in [5.74, 6) is -0.125. The zero-order chi connectivity index (χ0) is 12.3. The van der Waals surface area contributed by atoms with Crippen molar-refractivity contribution in [2.75, 3.05) is 0 Å². The highest BCUT2D eigenvalue weighted by Gasteiger charge is 2.14. The number of rotatable bonds is 4. The Balaban J connectivity index is 2.92. The number of hydrogen-bond acceptors (Lipinski definition) is 3. The molecule has 3 nitrogen and oxygen atoms in total. The Morgan fingerprint density at radius 2 is 1.94 bits per heavy atom. The quantitative estimate of drug-likeness (QED) is 0.458. The van der Waals surface area contributed by atoms with Crippen molar-refractivity contribution in [2.45, 2.75) is 30.9 Å². The Morgan fingerprint density at radius 3 is 2.44 bits per heavy atom. The molecule has 1 aromatic carbocycles. The van der Waals surface area contributed by atoms with E-state index in [0.29, 0.717) is 16.1 Å². The SMILES string of the molecule is CC(C)C(C)Sc1cc(F)cc([N+](=O)[O-])c1. The summed E-state index contributed by atoms with van der Waals surface area (Å²) in [5, 5.41) is 10.8. The van der Waals surface area contributed by atoms with Gasteiger partial charge in [0.2, 0.25) is 0 Å². The molecule has 5 heteroatoms. The molecule has 0 fully saturated rings. The zero-order valence-electron chi connectivity index (χ0n) is 9.44. The van der Waals surface area contributed by atoms with E-state index in [1.54, 1.807) is 0 Å². The van der Waals surface area contributed by atoms with Gasteiger partial charge in [0, 0.05) is 16.2 Å². The minimum absolute atomic E-state index is 0.196. The number of nitro groups is 1. The lowest BCUT2D eigenvalue weighted by molar-refractivity contribution is -0.385. The Morgan fingerprint density at radius 1 is 1.31 bits per heavy atom. The predicted molar refractivity (Wildman–Crippen MR) is 63.2 cm³/mol. The summed E-state index contributed by atoms with van der Waals surface area (Å²) in [5.41, 5.74) is -0.196. The van der Waals surface area contributed by atoms with Crippen molar-refractivity contribution in [3.05, 3.63) is 34.1 Å². The molecule has 16 heavy (non-hydrogen) atoms. The van der Waals surface area contributed by atoms with Gasteiger partial charge in [0.1, 0.15) is 5.82 Å². The van der Waals surface area contributed by atoms with Crippen molar-refractivity contribution in [2.24, 2.45) is 5.92 Å². The highest BCUT2D eigenvalue weighted by Crippen LogP contribution is 2.30. The number of thioether (sulfide) groups is 1. The molecule has 1 aromatic rings. The Bertz CT molecular complexity index is 396. The summed E-state index contributed by atoms with van der Waals surface area (Å²) in [7, 11) is 0. The minimum atomic E-state index is -0.576. The lowest BCUT2D eigenvalue weighted by Crippen LogP contribution is -2.05. The van der Waals surface area contributed by atoms with Crippen LogP contribution in [0.25, 0.3) is 0 Å². The molecule has 0 aliphatic rings. The van der Waals surface area contributed by atoms with Gasteiger partial charge in [0.25, 0.3) is 5.69 Å². The number of halogens is 1. The lowest BCUT2D eigenvalue weighted by atomic mass is 10.2. The van der Waals surface area contributed by atoms with Crippen LogP contribution in [-0.2, 0) is 0 Å².